The van der Waals surface area contributed by atoms with Crippen molar-refractivity contribution < 1.29 is 4.79 Å². The van der Waals surface area contributed by atoms with Gasteiger partial charge in [-0.05, 0) is 38.3 Å². The molecule has 0 aromatic heterocycles. The number of aryl methyl sites for hydroxylation is 1. The van der Waals surface area contributed by atoms with Crippen LogP contribution in [0.2, 0.25) is 0 Å². The predicted molar refractivity (Wildman–Crippen MR) is 107 cm³/mol. The van der Waals surface area contributed by atoms with Crippen molar-refractivity contribution in [3.05, 3.63) is 35.4 Å². The van der Waals surface area contributed by atoms with Gasteiger partial charge in [-0.1, -0.05) is 31.2 Å². The van der Waals surface area contributed by atoms with Crippen LogP contribution in [-0.2, 0) is 17.8 Å². The molecule has 0 aliphatic heterocycles. The quantitative estimate of drug-likeness (QED) is 0.381. The molecular weight excluding hydrogens is 403 g/mol. The Balaban J connectivity index is 0.00000484. The molecular formula is C17H29IN4O. The van der Waals surface area contributed by atoms with E-state index in [1.54, 1.807) is 7.05 Å². The topological polar surface area (TPSA) is 65.5 Å². The van der Waals surface area contributed by atoms with E-state index in [9.17, 15) is 4.79 Å². The number of hydrogen-bond acceptors (Lipinski definition) is 2. The molecule has 0 aliphatic carbocycles. The van der Waals surface area contributed by atoms with Crippen LogP contribution in [0.4, 0.5) is 0 Å². The highest BCUT2D eigenvalue weighted by Gasteiger charge is 2.13. The molecule has 0 heterocycles. The minimum atomic E-state index is -0.226. The Hall–Kier alpha value is -1.31. The summed E-state index contributed by atoms with van der Waals surface area (Å²) in [5.74, 6) is 0.569. The van der Waals surface area contributed by atoms with Crippen molar-refractivity contribution in [1.82, 2.24) is 16.0 Å². The highest BCUT2D eigenvalue weighted by atomic mass is 127. The van der Waals surface area contributed by atoms with Gasteiger partial charge in [-0.3, -0.25) is 9.79 Å². The van der Waals surface area contributed by atoms with Gasteiger partial charge >= 0.3 is 0 Å². The smallest absolute Gasteiger partial charge is 0.239 e. The van der Waals surface area contributed by atoms with Crippen LogP contribution in [0.3, 0.4) is 0 Å². The van der Waals surface area contributed by atoms with Crippen LogP contribution < -0.4 is 16.0 Å². The first-order valence-electron chi connectivity index (χ1n) is 7.68. The standard InChI is InChI=1S/C17H28N4O.HI/c1-6-13-9-7-8-10-14(13)11-19-16(18-5)20-12-15(22)21-17(2,3)4;/h7-10H,6,11-12H2,1-5H3,(H,21,22)(H2,18,19,20);1H. The molecule has 0 aliphatic rings. The second-order valence-corrected chi connectivity index (χ2v) is 6.20. The van der Waals surface area contributed by atoms with E-state index in [1.807, 2.05) is 32.9 Å². The lowest BCUT2D eigenvalue weighted by atomic mass is 10.1. The Morgan fingerprint density at radius 1 is 1.13 bits per heavy atom. The van der Waals surface area contributed by atoms with Crippen LogP contribution in [0.25, 0.3) is 0 Å². The number of nitrogens with zero attached hydrogens (tertiary/aromatic N) is 1. The highest BCUT2D eigenvalue weighted by Crippen LogP contribution is 2.08. The molecule has 6 heteroatoms. The van der Waals surface area contributed by atoms with Crippen LogP contribution >= 0.6 is 24.0 Å². The number of benzene rings is 1. The largest absolute Gasteiger partial charge is 0.352 e. The molecule has 0 bridgehead atoms. The molecule has 5 nitrogen and oxygen atoms in total. The molecule has 23 heavy (non-hydrogen) atoms. The maximum Gasteiger partial charge on any atom is 0.239 e. The zero-order valence-electron chi connectivity index (χ0n) is 14.7. The van der Waals surface area contributed by atoms with Crippen molar-refractivity contribution in [1.29, 1.82) is 0 Å². The van der Waals surface area contributed by atoms with Crippen LogP contribution in [0.15, 0.2) is 29.3 Å². The van der Waals surface area contributed by atoms with Crippen molar-refractivity contribution >= 4 is 35.8 Å². The number of hydrogen-bond donors (Lipinski definition) is 3. The van der Waals surface area contributed by atoms with Gasteiger partial charge in [0.2, 0.25) is 5.91 Å². The van der Waals surface area contributed by atoms with Gasteiger partial charge in [0.1, 0.15) is 0 Å². The summed E-state index contributed by atoms with van der Waals surface area (Å²) in [4.78, 5) is 15.9. The Kier molecular flexibility index (Phi) is 9.87. The molecule has 0 saturated heterocycles. The number of halogens is 1. The number of carbonyl (C=O) groups is 1. The number of nitrogens with one attached hydrogen (secondary N) is 3. The zero-order chi connectivity index (χ0) is 16.6. The Labute approximate surface area is 156 Å². The van der Waals surface area contributed by atoms with Crippen molar-refractivity contribution in [2.75, 3.05) is 13.6 Å². The van der Waals surface area contributed by atoms with Gasteiger partial charge in [0.25, 0.3) is 0 Å². The van der Waals surface area contributed by atoms with E-state index in [0.717, 1.165) is 6.42 Å². The Morgan fingerprint density at radius 2 is 1.74 bits per heavy atom. The molecule has 0 unspecified atom stereocenters. The lowest BCUT2D eigenvalue weighted by molar-refractivity contribution is -0.121. The number of carbonyl (C=O) groups excluding carboxylic acids is 1. The van der Waals surface area contributed by atoms with E-state index >= 15 is 0 Å². The van der Waals surface area contributed by atoms with Gasteiger partial charge in [-0.2, -0.15) is 0 Å². The minimum absolute atomic E-state index is 0. The second kappa shape index (κ2) is 10.5. The average Bonchev–Trinajstić information content (AvgIpc) is 2.46. The Morgan fingerprint density at radius 3 is 2.26 bits per heavy atom. The van der Waals surface area contributed by atoms with Crippen LogP contribution in [0, 0.1) is 0 Å². The molecule has 0 spiro atoms. The van der Waals surface area contributed by atoms with E-state index in [4.69, 9.17) is 0 Å². The van der Waals surface area contributed by atoms with Gasteiger partial charge in [0.15, 0.2) is 5.96 Å². The molecule has 0 radical (unpaired) electrons. The molecule has 1 aromatic rings. The van der Waals surface area contributed by atoms with Gasteiger partial charge in [-0.25, -0.2) is 0 Å². The number of aliphatic imine (C=N–C) groups is 1. The zero-order valence-corrected chi connectivity index (χ0v) is 17.0. The maximum atomic E-state index is 11.8. The van der Waals surface area contributed by atoms with E-state index in [-0.39, 0.29) is 42.0 Å². The SMILES string of the molecule is CCc1ccccc1CNC(=NC)NCC(=O)NC(C)(C)C.I. The molecule has 1 aromatic carbocycles. The van der Waals surface area contributed by atoms with Gasteiger partial charge in [0, 0.05) is 19.1 Å². The third kappa shape index (κ3) is 8.78. The lowest BCUT2D eigenvalue weighted by Gasteiger charge is -2.21. The van der Waals surface area contributed by atoms with E-state index in [0.29, 0.717) is 12.5 Å². The summed E-state index contributed by atoms with van der Waals surface area (Å²) in [6.07, 6.45) is 0.998. The summed E-state index contributed by atoms with van der Waals surface area (Å²) in [7, 11) is 1.70. The van der Waals surface area contributed by atoms with Crippen molar-refractivity contribution in [3.63, 3.8) is 0 Å². The number of guanidine groups is 1. The fourth-order valence-electron chi connectivity index (χ4n) is 2.10. The van der Waals surface area contributed by atoms with Gasteiger partial charge < -0.3 is 16.0 Å². The Bertz CT molecular complexity index is 524. The summed E-state index contributed by atoms with van der Waals surface area (Å²) in [5, 5.41) is 9.17. The fourth-order valence-corrected chi connectivity index (χ4v) is 2.10. The number of amides is 1. The molecule has 1 rings (SSSR count). The molecule has 1 amide bonds. The second-order valence-electron chi connectivity index (χ2n) is 6.20. The van der Waals surface area contributed by atoms with Crippen LogP contribution in [-0.4, -0.2) is 31.0 Å². The summed E-state index contributed by atoms with van der Waals surface area (Å²) in [5.41, 5.74) is 2.33. The monoisotopic (exact) mass is 432 g/mol. The third-order valence-corrected chi connectivity index (χ3v) is 3.10. The lowest BCUT2D eigenvalue weighted by Crippen LogP contribution is -2.48. The van der Waals surface area contributed by atoms with E-state index < -0.39 is 0 Å². The first-order chi connectivity index (χ1) is 10.4. The van der Waals surface area contributed by atoms with E-state index in [2.05, 4.69) is 40.0 Å². The van der Waals surface area contributed by atoms with Crippen molar-refractivity contribution in [2.24, 2.45) is 4.99 Å². The summed E-state index contributed by atoms with van der Waals surface area (Å²) >= 11 is 0. The van der Waals surface area contributed by atoms with Gasteiger partial charge in [-0.15, -0.1) is 24.0 Å². The van der Waals surface area contributed by atoms with Crippen LogP contribution in [0.1, 0.15) is 38.8 Å². The minimum Gasteiger partial charge on any atom is -0.352 e. The number of rotatable bonds is 5. The highest BCUT2D eigenvalue weighted by molar-refractivity contribution is 14.0. The van der Waals surface area contributed by atoms with E-state index in [1.165, 1.54) is 11.1 Å². The fraction of sp³-hybridized carbons (Fsp3) is 0.529. The third-order valence-electron chi connectivity index (χ3n) is 3.10. The molecule has 0 saturated carbocycles. The molecule has 0 atom stereocenters. The molecule has 3 N–H and O–H groups in total. The van der Waals surface area contributed by atoms with Crippen molar-refractivity contribution in [3.8, 4) is 0 Å². The van der Waals surface area contributed by atoms with Gasteiger partial charge in [0.05, 0.1) is 6.54 Å². The predicted octanol–water partition coefficient (Wildman–Crippen LogP) is 2.45. The normalized spacial score (nSPS) is 11.4. The first kappa shape index (κ1) is 21.7. The summed E-state index contributed by atoms with van der Waals surface area (Å²) in [6.45, 7) is 8.90. The van der Waals surface area contributed by atoms with Crippen molar-refractivity contribution in [2.45, 2.75) is 46.2 Å². The average molecular weight is 432 g/mol. The summed E-state index contributed by atoms with van der Waals surface area (Å²) in [6, 6.07) is 8.31. The maximum absolute atomic E-state index is 11.8. The summed E-state index contributed by atoms with van der Waals surface area (Å²) < 4.78 is 0. The molecule has 130 valence electrons. The van der Waals surface area contributed by atoms with Crippen LogP contribution in [0.5, 0.6) is 0 Å². The first-order valence-corrected chi connectivity index (χ1v) is 7.68. The molecule has 0 fully saturated rings.